The number of carbonyl (C=O) groups excluding carboxylic acids is 2. The van der Waals surface area contributed by atoms with Crippen LogP contribution < -0.4 is 4.74 Å². The van der Waals surface area contributed by atoms with Crippen molar-refractivity contribution in [1.82, 2.24) is 9.80 Å². The van der Waals surface area contributed by atoms with E-state index in [1.807, 2.05) is 23.1 Å². The normalized spacial score (nSPS) is 17.7. The summed E-state index contributed by atoms with van der Waals surface area (Å²) in [6.07, 6.45) is 6.85. The van der Waals surface area contributed by atoms with Crippen LogP contribution in [0.15, 0.2) is 54.6 Å². The molecule has 0 spiro atoms. The summed E-state index contributed by atoms with van der Waals surface area (Å²) in [5.41, 5.74) is 2.08. The van der Waals surface area contributed by atoms with Crippen LogP contribution >= 0.6 is 0 Å². The van der Waals surface area contributed by atoms with Gasteiger partial charge in [-0.25, -0.2) is 0 Å². The van der Waals surface area contributed by atoms with E-state index in [1.54, 1.807) is 13.2 Å². The van der Waals surface area contributed by atoms with Gasteiger partial charge in [-0.1, -0.05) is 36.4 Å². The first-order chi connectivity index (χ1) is 16.1. The monoisotopic (exact) mass is 448 g/mol. The quantitative estimate of drug-likeness (QED) is 0.611. The van der Waals surface area contributed by atoms with Gasteiger partial charge in [0.25, 0.3) is 5.91 Å². The van der Waals surface area contributed by atoms with Crippen molar-refractivity contribution in [3.05, 3.63) is 65.7 Å². The van der Waals surface area contributed by atoms with Crippen molar-refractivity contribution in [3.63, 3.8) is 0 Å². The molecule has 0 bridgehead atoms. The van der Waals surface area contributed by atoms with Gasteiger partial charge in [-0.15, -0.1) is 0 Å². The molecule has 0 aliphatic carbocycles. The number of nitrogens with zero attached hydrogens (tertiary/aromatic N) is 2. The lowest BCUT2D eigenvalue weighted by molar-refractivity contribution is -0.133. The van der Waals surface area contributed by atoms with Gasteiger partial charge < -0.3 is 14.5 Å². The zero-order valence-electron chi connectivity index (χ0n) is 19.7. The Hall–Kier alpha value is -2.82. The maximum Gasteiger partial charge on any atom is 0.253 e. The van der Waals surface area contributed by atoms with Crippen LogP contribution in [-0.2, 0) is 11.2 Å². The highest BCUT2D eigenvalue weighted by atomic mass is 16.5. The van der Waals surface area contributed by atoms with Crippen molar-refractivity contribution < 1.29 is 14.3 Å². The number of piperidine rings is 2. The van der Waals surface area contributed by atoms with Gasteiger partial charge in [-0.05, 0) is 74.1 Å². The van der Waals surface area contributed by atoms with Crippen molar-refractivity contribution in [1.29, 1.82) is 0 Å². The van der Waals surface area contributed by atoms with Crippen LogP contribution in [0.1, 0.15) is 54.4 Å². The van der Waals surface area contributed by atoms with E-state index >= 15 is 0 Å². The fourth-order valence-corrected chi connectivity index (χ4v) is 5.18. The molecule has 0 unspecified atom stereocenters. The lowest BCUT2D eigenvalue weighted by Crippen LogP contribution is -2.40. The van der Waals surface area contributed by atoms with Crippen LogP contribution in [0.3, 0.4) is 0 Å². The third kappa shape index (κ3) is 6.37. The summed E-state index contributed by atoms with van der Waals surface area (Å²) in [6.45, 7) is 3.31. The number of rotatable bonds is 7. The predicted octanol–water partition coefficient (Wildman–Crippen LogP) is 4.81. The molecule has 0 N–H and O–H groups in total. The number of hydrogen-bond acceptors (Lipinski definition) is 3. The number of ether oxygens (including phenoxy) is 1. The van der Waals surface area contributed by atoms with E-state index in [2.05, 4.69) is 35.2 Å². The maximum atomic E-state index is 12.8. The third-order valence-corrected chi connectivity index (χ3v) is 7.32. The Morgan fingerprint density at radius 3 is 2.21 bits per heavy atom. The molecule has 0 aromatic heterocycles. The second-order valence-electron chi connectivity index (χ2n) is 9.52. The Bertz CT molecular complexity index is 914. The number of likely N-dealkylation sites (tertiary alicyclic amines) is 2. The molecule has 2 aromatic rings. The topological polar surface area (TPSA) is 49.9 Å². The van der Waals surface area contributed by atoms with Crippen LogP contribution in [0.5, 0.6) is 5.75 Å². The minimum absolute atomic E-state index is 0.0711. The van der Waals surface area contributed by atoms with Gasteiger partial charge in [-0.2, -0.15) is 0 Å². The Morgan fingerprint density at radius 1 is 0.848 bits per heavy atom. The minimum atomic E-state index is 0.0711. The van der Waals surface area contributed by atoms with E-state index in [4.69, 9.17) is 4.74 Å². The van der Waals surface area contributed by atoms with Crippen LogP contribution in [0, 0.1) is 11.8 Å². The maximum absolute atomic E-state index is 12.8. The first kappa shape index (κ1) is 23.3. The molecule has 2 aromatic carbocycles. The summed E-state index contributed by atoms with van der Waals surface area (Å²) in [5, 5.41) is 0. The van der Waals surface area contributed by atoms with Gasteiger partial charge in [0.05, 0.1) is 7.11 Å². The van der Waals surface area contributed by atoms with Crippen molar-refractivity contribution in [2.24, 2.45) is 11.8 Å². The number of carbonyl (C=O) groups is 2. The molecule has 2 aliphatic heterocycles. The summed E-state index contributed by atoms with van der Waals surface area (Å²) in [7, 11) is 1.61. The van der Waals surface area contributed by atoms with E-state index in [0.717, 1.165) is 64.7 Å². The largest absolute Gasteiger partial charge is 0.497 e. The van der Waals surface area contributed by atoms with Gasteiger partial charge in [0.15, 0.2) is 0 Å². The predicted molar refractivity (Wildman–Crippen MR) is 130 cm³/mol. The molecule has 0 radical (unpaired) electrons. The molecule has 2 fully saturated rings. The molecule has 5 nitrogen and oxygen atoms in total. The van der Waals surface area contributed by atoms with Gasteiger partial charge >= 0.3 is 0 Å². The molecule has 2 amide bonds. The van der Waals surface area contributed by atoms with E-state index < -0.39 is 0 Å². The summed E-state index contributed by atoms with van der Waals surface area (Å²) < 4.78 is 5.24. The van der Waals surface area contributed by atoms with E-state index in [0.29, 0.717) is 35.5 Å². The lowest BCUT2D eigenvalue weighted by Gasteiger charge is -2.34. The van der Waals surface area contributed by atoms with Crippen LogP contribution in [-0.4, -0.2) is 54.9 Å². The second-order valence-corrected chi connectivity index (χ2v) is 9.52. The average molecular weight is 449 g/mol. The average Bonchev–Trinajstić information content (AvgIpc) is 2.88. The Kier molecular flexibility index (Phi) is 8.03. The van der Waals surface area contributed by atoms with Crippen molar-refractivity contribution in [2.75, 3.05) is 33.3 Å². The van der Waals surface area contributed by atoms with Crippen molar-refractivity contribution in [2.45, 2.75) is 44.9 Å². The van der Waals surface area contributed by atoms with Gasteiger partial charge in [0.1, 0.15) is 5.75 Å². The second kappa shape index (κ2) is 11.4. The zero-order valence-corrected chi connectivity index (χ0v) is 19.7. The number of hydrogen-bond donors (Lipinski definition) is 0. The van der Waals surface area contributed by atoms with Gasteiger partial charge in [0, 0.05) is 38.2 Å². The smallest absolute Gasteiger partial charge is 0.253 e. The Labute approximate surface area is 197 Å². The zero-order chi connectivity index (χ0) is 23.0. The van der Waals surface area contributed by atoms with Gasteiger partial charge in [0.2, 0.25) is 5.91 Å². The number of amides is 2. The van der Waals surface area contributed by atoms with E-state index in [-0.39, 0.29) is 5.91 Å². The van der Waals surface area contributed by atoms with E-state index in [1.165, 1.54) is 5.56 Å². The standard InChI is InChI=1S/C28H36N2O3/c1-33-26-9-5-8-25(21-26)28(32)30-18-12-22(13-19-30)10-11-27(31)29-16-14-24(15-17-29)20-23-6-3-2-4-7-23/h2-9,21-22,24H,10-20H2,1H3. The van der Waals surface area contributed by atoms with E-state index in [9.17, 15) is 9.59 Å². The lowest BCUT2D eigenvalue weighted by atomic mass is 9.89. The van der Waals surface area contributed by atoms with Crippen LogP contribution in [0.25, 0.3) is 0 Å². The van der Waals surface area contributed by atoms with Crippen LogP contribution in [0.2, 0.25) is 0 Å². The molecule has 2 heterocycles. The fraction of sp³-hybridized carbons (Fsp3) is 0.500. The minimum Gasteiger partial charge on any atom is -0.497 e. The fourth-order valence-electron chi connectivity index (χ4n) is 5.18. The molecular formula is C28H36N2O3. The highest BCUT2D eigenvalue weighted by molar-refractivity contribution is 5.94. The Balaban J connectivity index is 1.16. The van der Waals surface area contributed by atoms with Crippen LogP contribution in [0.4, 0.5) is 0 Å². The molecule has 176 valence electrons. The highest BCUT2D eigenvalue weighted by Gasteiger charge is 2.26. The molecular weight excluding hydrogens is 412 g/mol. The first-order valence-electron chi connectivity index (χ1n) is 12.4. The summed E-state index contributed by atoms with van der Waals surface area (Å²) in [5.74, 6) is 2.30. The molecule has 0 saturated carbocycles. The number of benzene rings is 2. The molecule has 2 saturated heterocycles. The third-order valence-electron chi connectivity index (χ3n) is 7.32. The molecule has 5 heteroatoms. The number of methoxy groups -OCH3 is 1. The molecule has 33 heavy (non-hydrogen) atoms. The summed E-state index contributed by atoms with van der Waals surface area (Å²) in [6, 6.07) is 18.0. The molecule has 2 aliphatic rings. The SMILES string of the molecule is COc1cccc(C(=O)N2CCC(CCC(=O)N3CCC(Cc4ccccc4)CC3)CC2)c1. The van der Waals surface area contributed by atoms with Crippen molar-refractivity contribution >= 4 is 11.8 Å². The summed E-state index contributed by atoms with van der Waals surface area (Å²) >= 11 is 0. The Morgan fingerprint density at radius 2 is 1.52 bits per heavy atom. The first-order valence-corrected chi connectivity index (χ1v) is 12.4. The molecule has 4 rings (SSSR count). The van der Waals surface area contributed by atoms with Gasteiger partial charge in [-0.3, -0.25) is 9.59 Å². The summed E-state index contributed by atoms with van der Waals surface area (Å²) in [4.78, 5) is 29.6. The van der Waals surface area contributed by atoms with Crippen molar-refractivity contribution in [3.8, 4) is 5.75 Å². The highest BCUT2D eigenvalue weighted by Crippen LogP contribution is 2.26. The molecule has 0 atom stereocenters.